The summed E-state index contributed by atoms with van der Waals surface area (Å²) in [6.07, 6.45) is 6.79. The molecule has 16 heavy (non-hydrogen) atoms. The van der Waals surface area contributed by atoms with E-state index < -0.39 is 0 Å². The Kier molecular flexibility index (Phi) is 4.11. The molecule has 0 saturated heterocycles. The van der Waals surface area contributed by atoms with Gasteiger partial charge in [0.2, 0.25) is 0 Å². The SMILES string of the molecule is CCC1CCCCC1Oc1ccc(Cl)cc1. The number of rotatable bonds is 3. The molecular formula is C14H19ClO. The lowest BCUT2D eigenvalue weighted by molar-refractivity contribution is 0.0904. The Labute approximate surface area is 103 Å². The van der Waals surface area contributed by atoms with Crippen LogP contribution in [0.1, 0.15) is 39.0 Å². The third-order valence-electron chi connectivity index (χ3n) is 3.46. The summed E-state index contributed by atoms with van der Waals surface area (Å²) in [5.41, 5.74) is 0. The van der Waals surface area contributed by atoms with Crippen molar-refractivity contribution in [1.82, 2.24) is 0 Å². The van der Waals surface area contributed by atoms with E-state index in [0.29, 0.717) is 6.10 Å². The van der Waals surface area contributed by atoms with Crippen LogP contribution in [0.2, 0.25) is 5.02 Å². The van der Waals surface area contributed by atoms with Gasteiger partial charge in [0, 0.05) is 5.02 Å². The summed E-state index contributed by atoms with van der Waals surface area (Å²) in [6, 6.07) is 7.70. The van der Waals surface area contributed by atoms with Crippen molar-refractivity contribution in [1.29, 1.82) is 0 Å². The van der Waals surface area contributed by atoms with Crippen LogP contribution in [0.15, 0.2) is 24.3 Å². The van der Waals surface area contributed by atoms with Crippen LogP contribution < -0.4 is 4.74 Å². The van der Waals surface area contributed by atoms with Gasteiger partial charge in [-0.2, -0.15) is 0 Å². The summed E-state index contributed by atoms with van der Waals surface area (Å²) in [7, 11) is 0. The van der Waals surface area contributed by atoms with Crippen molar-refractivity contribution in [2.75, 3.05) is 0 Å². The molecule has 88 valence electrons. The number of hydrogen-bond acceptors (Lipinski definition) is 1. The highest BCUT2D eigenvalue weighted by Gasteiger charge is 2.25. The molecule has 1 aromatic rings. The maximum Gasteiger partial charge on any atom is 0.119 e. The maximum atomic E-state index is 6.06. The molecule has 1 nitrogen and oxygen atoms in total. The molecule has 0 heterocycles. The van der Waals surface area contributed by atoms with Crippen LogP contribution in [0.3, 0.4) is 0 Å². The van der Waals surface area contributed by atoms with E-state index in [1.54, 1.807) is 0 Å². The highest BCUT2D eigenvalue weighted by molar-refractivity contribution is 6.30. The van der Waals surface area contributed by atoms with Crippen molar-refractivity contribution in [2.45, 2.75) is 45.1 Å². The summed E-state index contributed by atoms with van der Waals surface area (Å²) >= 11 is 5.85. The molecule has 0 bridgehead atoms. The fourth-order valence-electron chi connectivity index (χ4n) is 2.48. The Balaban J connectivity index is 1.99. The first-order valence-corrected chi connectivity index (χ1v) is 6.59. The van der Waals surface area contributed by atoms with Crippen LogP contribution in [0, 0.1) is 5.92 Å². The summed E-state index contributed by atoms with van der Waals surface area (Å²) in [4.78, 5) is 0. The largest absolute Gasteiger partial charge is 0.490 e. The maximum absolute atomic E-state index is 6.06. The predicted octanol–water partition coefficient (Wildman–Crippen LogP) is 4.69. The fourth-order valence-corrected chi connectivity index (χ4v) is 2.61. The van der Waals surface area contributed by atoms with E-state index in [0.717, 1.165) is 16.7 Å². The summed E-state index contributed by atoms with van der Waals surface area (Å²) < 4.78 is 6.06. The van der Waals surface area contributed by atoms with Crippen LogP contribution >= 0.6 is 11.6 Å². The third kappa shape index (κ3) is 2.91. The highest BCUT2D eigenvalue weighted by atomic mass is 35.5. The molecule has 0 N–H and O–H groups in total. The third-order valence-corrected chi connectivity index (χ3v) is 3.72. The Morgan fingerprint density at radius 2 is 1.88 bits per heavy atom. The van der Waals surface area contributed by atoms with Crippen LogP contribution in [0.5, 0.6) is 5.75 Å². The molecule has 1 saturated carbocycles. The van der Waals surface area contributed by atoms with Crippen molar-refractivity contribution in [3.8, 4) is 5.75 Å². The van der Waals surface area contributed by atoms with E-state index >= 15 is 0 Å². The average molecular weight is 239 g/mol. The zero-order chi connectivity index (χ0) is 11.4. The number of hydrogen-bond donors (Lipinski definition) is 0. The molecule has 2 unspecified atom stereocenters. The molecule has 0 radical (unpaired) electrons. The molecule has 0 aliphatic heterocycles. The molecule has 1 aliphatic carbocycles. The summed E-state index contributed by atoms with van der Waals surface area (Å²) in [5.74, 6) is 1.68. The molecule has 0 spiro atoms. The van der Waals surface area contributed by atoms with Crippen LogP contribution in [0.4, 0.5) is 0 Å². The first kappa shape index (κ1) is 11.8. The van der Waals surface area contributed by atoms with Crippen molar-refractivity contribution < 1.29 is 4.74 Å². The lowest BCUT2D eigenvalue weighted by atomic mass is 9.85. The second-order valence-corrected chi connectivity index (χ2v) is 5.00. The second-order valence-electron chi connectivity index (χ2n) is 4.56. The number of benzene rings is 1. The Hall–Kier alpha value is -0.690. The van der Waals surface area contributed by atoms with E-state index in [2.05, 4.69) is 6.92 Å². The van der Waals surface area contributed by atoms with Gasteiger partial charge in [-0.05, 0) is 55.9 Å². The van der Waals surface area contributed by atoms with Crippen LogP contribution in [0.25, 0.3) is 0 Å². The van der Waals surface area contributed by atoms with Gasteiger partial charge in [-0.1, -0.05) is 24.9 Å². The van der Waals surface area contributed by atoms with Crippen LogP contribution in [-0.2, 0) is 0 Å². The lowest BCUT2D eigenvalue weighted by Gasteiger charge is -2.31. The Bertz CT molecular complexity index is 320. The molecule has 1 aliphatic rings. The molecule has 2 heteroatoms. The van der Waals surface area contributed by atoms with E-state index in [4.69, 9.17) is 16.3 Å². The normalized spacial score (nSPS) is 25.4. The van der Waals surface area contributed by atoms with Gasteiger partial charge in [0.15, 0.2) is 0 Å². The molecule has 1 fully saturated rings. The molecular weight excluding hydrogens is 220 g/mol. The van der Waals surface area contributed by atoms with Crippen molar-refractivity contribution in [3.05, 3.63) is 29.3 Å². The van der Waals surface area contributed by atoms with Gasteiger partial charge in [-0.3, -0.25) is 0 Å². The van der Waals surface area contributed by atoms with Gasteiger partial charge in [0.25, 0.3) is 0 Å². The summed E-state index contributed by atoms with van der Waals surface area (Å²) in [6.45, 7) is 2.26. The highest BCUT2D eigenvalue weighted by Crippen LogP contribution is 2.30. The standard InChI is InChI=1S/C14H19ClO/c1-2-11-5-3-4-6-14(11)16-13-9-7-12(15)8-10-13/h7-11,14H,2-6H2,1H3. The minimum atomic E-state index is 0.403. The van der Waals surface area contributed by atoms with Crippen molar-refractivity contribution in [3.63, 3.8) is 0 Å². The second kappa shape index (κ2) is 5.58. The molecule has 1 aromatic carbocycles. The minimum Gasteiger partial charge on any atom is -0.490 e. The zero-order valence-electron chi connectivity index (χ0n) is 9.79. The molecule has 2 rings (SSSR count). The Morgan fingerprint density at radius 3 is 2.56 bits per heavy atom. The number of ether oxygens (including phenoxy) is 1. The van der Waals surface area contributed by atoms with E-state index in [-0.39, 0.29) is 0 Å². The number of halogens is 1. The van der Waals surface area contributed by atoms with Gasteiger partial charge in [0.05, 0.1) is 0 Å². The van der Waals surface area contributed by atoms with Crippen LogP contribution in [-0.4, -0.2) is 6.10 Å². The van der Waals surface area contributed by atoms with Gasteiger partial charge in [0.1, 0.15) is 11.9 Å². The minimum absolute atomic E-state index is 0.403. The van der Waals surface area contributed by atoms with E-state index in [1.807, 2.05) is 24.3 Å². The molecule has 2 atom stereocenters. The zero-order valence-corrected chi connectivity index (χ0v) is 10.5. The first-order chi connectivity index (χ1) is 7.79. The Morgan fingerprint density at radius 1 is 1.19 bits per heavy atom. The van der Waals surface area contributed by atoms with Gasteiger partial charge in [-0.25, -0.2) is 0 Å². The molecule has 0 amide bonds. The first-order valence-electron chi connectivity index (χ1n) is 6.22. The monoisotopic (exact) mass is 238 g/mol. The quantitative estimate of drug-likeness (QED) is 0.743. The predicted molar refractivity (Wildman–Crippen MR) is 68.1 cm³/mol. The molecule has 0 aromatic heterocycles. The van der Waals surface area contributed by atoms with Crippen molar-refractivity contribution >= 4 is 11.6 Å². The smallest absolute Gasteiger partial charge is 0.119 e. The van der Waals surface area contributed by atoms with Gasteiger partial charge in [-0.15, -0.1) is 0 Å². The fraction of sp³-hybridized carbons (Fsp3) is 0.571. The van der Waals surface area contributed by atoms with Crippen molar-refractivity contribution in [2.24, 2.45) is 5.92 Å². The topological polar surface area (TPSA) is 9.23 Å². The van der Waals surface area contributed by atoms with Gasteiger partial charge >= 0.3 is 0 Å². The van der Waals surface area contributed by atoms with Gasteiger partial charge < -0.3 is 4.74 Å². The van der Waals surface area contributed by atoms with E-state index in [1.165, 1.54) is 32.1 Å². The van der Waals surface area contributed by atoms with E-state index in [9.17, 15) is 0 Å². The lowest BCUT2D eigenvalue weighted by Crippen LogP contribution is -2.29. The average Bonchev–Trinajstić information content (AvgIpc) is 2.33. The summed E-state index contributed by atoms with van der Waals surface area (Å²) in [5, 5.41) is 0.767.